The van der Waals surface area contributed by atoms with Crippen molar-refractivity contribution >= 4 is 34.8 Å². The molecule has 6 heteroatoms. The Morgan fingerprint density at radius 2 is 1.96 bits per heavy atom. The van der Waals surface area contributed by atoms with E-state index in [-0.39, 0.29) is 5.91 Å². The van der Waals surface area contributed by atoms with E-state index in [1.165, 1.54) is 0 Å². The number of hydrogen-bond donors (Lipinski definition) is 1. The molecule has 0 spiro atoms. The van der Waals surface area contributed by atoms with Crippen molar-refractivity contribution in [2.45, 2.75) is 57.8 Å². The Labute approximate surface area is 176 Å². The number of aromatic nitrogens is 1. The maximum atomic E-state index is 13.4. The molecule has 2 aromatic rings. The Balaban J connectivity index is 1.87. The molecule has 0 atom stereocenters. The van der Waals surface area contributed by atoms with Gasteiger partial charge in [0.1, 0.15) is 0 Å². The summed E-state index contributed by atoms with van der Waals surface area (Å²) < 4.78 is 5.62. The van der Waals surface area contributed by atoms with Gasteiger partial charge in [0.2, 0.25) is 11.8 Å². The lowest BCUT2D eigenvalue weighted by molar-refractivity contribution is -0.122. The molecule has 1 fully saturated rings. The number of ether oxygens (including phenoxy) is 1. The fourth-order valence-electron chi connectivity index (χ4n) is 3.88. The van der Waals surface area contributed by atoms with Crippen LogP contribution in [0, 0.1) is 6.92 Å². The van der Waals surface area contributed by atoms with Crippen LogP contribution in [0.1, 0.15) is 56.6 Å². The lowest BCUT2D eigenvalue weighted by Gasteiger charge is -2.37. The molecule has 150 valence electrons. The first-order chi connectivity index (χ1) is 13.5. The average Bonchev–Trinajstić information content (AvgIpc) is 2.68. The van der Waals surface area contributed by atoms with E-state index in [2.05, 4.69) is 17.2 Å². The first-order valence-corrected chi connectivity index (χ1v) is 10.6. The summed E-state index contributed by atoms with van der Waals surface area (Å²) in [4.78, 5) is 17.8. The smallest absolute Gasteiger partial charge is 0.235 e. The van der Waals surface area contributed by atoms with E-state index < -0.39 is 5.41 Å². The number of halogens is 2. The number of rotatable bonds is 6. The summed E-state index contributed by atoms with van der Waals surface area (Å²) in [5.74, 6) is 0.563. The van der Waals surface area contributed by atoms with Crippen molar-refractivity contribution in [1.82, 2.24) is 4.98 Å². The lowest BCUT2D eigenvalue weighted by atomic mass is 9.68. The van der Waals surface area contributed by atoms with E-state index >= 15 is 0 Å². The highest BCUT2D eigenvalue weighted by Crippen LogP contribution is 2.44. The average molecular weight is 421 g/mol. The van der Waals surface area contributed by atoms with Crippen LogP contribution in [0.5, 0.6) is 5.88 Å². The van der Waals surface area contributed by atoms with E-state index in [0.717, 1.165) is 49.7 Å². The monoisotopic (exact) mass is 420 g/mol. The van der Waals surface area contributed by atoms with Crippen LogP contribution in [0.4, 0.5) is 5.69 Å². The molecule has 1 aromatic carbocycles. The van der Waals surface area contributed by atoms with Gasteiger partial charge in [-0.05, 0) is 49.9 Å². The molecule has 0 saturated heterocycles. The van der Waals surface area contributed by atoms with Gasteiger partial charge in [0.15, 0.2) is 0 Å². The molecular formula is C22H26Cl2N2O2. The summed E-state index contributed by atoms with van der Waals surface area (Å²) >= 11 is 12.6. The van der Waals surface area contributed by atoms with Crippen molar-refractivity contribution in [1.29, 1.82) is 0 Å². The van der Waals surface area contributed by atoms with Gasteiger partial charge < -0.3 is 10.1 Å². The van der Waals surface area contributed by atoms with Crippen molar-refractivity contribution in [2.75, 3.05) is 11.9 Å². The number of aryl methyl sites for hydroxylation is 1. The third kappa shape index (κ3) is 4.44. The van der Waals surface area contributed by atoms with Crippen LogP contribution in [0.3, 0.4) is 0 Å². The lowest BCUT2D eigenvalue weighted by Crippen LogP contribution is -2.42. The Morgan fingerprint density at radius 3 is 2.61 bits per heavy atom. The van der Waals surface area contributed by atoms with Crippen molar-refractivity contribution in [3.63, 3.8) is 0 Å². The molecule has 1 heterocycles. The van der Waals surface area contributed by atoms with Crippen LogP contribution < -0.4 is 10.1 Å². The normalized spacial score (nSPS) is 15.9. The molecular weight excluding hydrogens is 395 g/mol. The zero-order valence-electron chi connectivity index (χ0n) is 16.4. The highest BCUT2D eigenvalue weighted by molar-refractivity contribution is 6.35. The number of carbonyl (C=O) groups is 1. The van der Waals surface area contributed by atoms with Crippen molar-refractivity contribution in [3.8, 4) is 5.88 Å². The molecule has 1 aliphatic rings. The fourth-order valence-corrected chi connectivity index (χ4v) is 4.47. The van der Waals surface area contributed by atoms with Crippen LogP contribution >= 0.6 is 23.2 Å². The zero-order chi connectivity index (χ0) is 20.1. The number of hydrogen-bond acceptors (Lipinski definition) is 3. The number of nitrogens with zero attached hydrogens (tertiary/aromatic N) is 1. The number of carbonyl (C=O) groups excluding carboxylic acids is 1. The summed E-state index contributed by atoms with van der Waals surface area (Å²) in [6, 6.07) is 7.31. The Hall–Kier alpha value is -1.78. The predicted molar refractivity (Wildman–Crippen MR) is 115 cm³/mol. The molecule has 0 unspecified atom stereocenters. The molecule has 28 heavy (non-hydrogen) atoms. The quantitative estimate of drug-likeness (QED) is 0.593. The van der Waals surface area contributed by atoms with Crippen LogP contribution in [-0.2, 0) is 10.2 Å². The van der Waals surface area contributed by atoms with E-state index in [1.54, 1.807) is 18.3 Å². The first-order valence-electron chi connectivity index (χ1n) is 9.82. The third-order valence-corrected chi connectivity index (χ3v) is 5.87. The summed E-state index contributed by atoms with van der Waals surface area (Å²) in [5, 5.41) is 4.18. The van der Waals surface area contributed by atoms with Gasteiger partial charge in [0, 0.05) is 15.6 Å². The van der Waals surface area contributed by atoms with E-state index in [1.807, 2.05) is 19.1 Å². The summed E-state index contributed by atoms with van der Waals surface area (Å²) in [6.45, 7) is 4.60. The van der Waals surface area contributed by atoms with Gasteiger partial charge in [-0.15, -0.1) is 0 Å². The topological polar surface area (TPSA) is 51.2 Å². The minimum absolute atomic E-state index is 0.0418. The molecule has 0 aliphatic heterocycles. The van der Waals surface area contributed by atoms with Crippen molar-refractivity contribution in [3.05, 3.63) is 51.6 Å². The third-order valence-electron chi connectivity index (χ3n) is 5.32. The minimum Gasteiger partial charge on any atom is -0.477 e. The highest BCUT2D eigenvalue weighted by Gasteiger charge is 2.42. The number of nitrogens with one attached hydrogen (secondary N) is 1. The molecule has 1 saturated carbocycles. The molecule has 1 aromatic heterocycles. The second kappa shape index (κ2) is 9.15. The maximum Gasteiger partial charge on any atom is 0.235 e. The van der Waals surface area contributed by atoms with E-state index in [9.17, 15) is 4.79 Å². The minimum atomic E-state index is -0.648. The molecule has 3 rings (SSSR count). The van der Waals surface area contributed by atoms with Gasteiger partial charge in [-0.25, -0.2) is 4.98 Å². The van der Waals surface area contributed by atoms with Crippen LogP contribution in [0.25, 0.3) is 0 Å². The standard InChI is InChI=1S/C22H26Cl2N2O2/c1-3-11-28-20-15(2)12-17(14-25-20)26-21(27)22(9-5-4-6-10-22)18-8-7-16(23)13-19(18)24/h7-8,12-14H,3-6,9-11H2,1-2H3,(H,26,27). The fraction of sp³-hybridized carbons (Fsp3) is 0.455. The highest BCUT2D eigenvalue weighted by atomic mass is 35.5. The Kier molecular flexibility index (Phi) is 6.84. The first kappa shape index (κ1) is 20.9. The predicted octanol–water partition coefficient (Wildman–Crippen LogP) is 6.33. The molecule has 1 amide bonds. The van der Waals surface area contributed by atoms with Crippen LogP contribution in [0.15, 0.2) is 30.5 Å². The number of anilines is 1. The SMILES string of the molecule is CCCOc1ncc(NC(=O)C2(c3ccc(Cl)cc3Cl)CCCCC2)cc1C. The number of benzene rings is 1. The van der Waals surface area contributed by atoms with Gasteiger partial charge in [-0.3, -0.25) is 4.79 Å². The molecule has 0 bridgehead atoms. The zero-order valence-corrected chi connectivity index (χ0v) is 17.9. The van der Waals surface area contributed by atoms with E-state index in [0.29, 0.717) is 28.2 Å². The summed E-state index contributed by atoms with van der Waals surface area (Å²) in [5.41, 5.74) is 1.77. The van der Waals surface area contributed by atoms with Gasteiger partial charge in [-0.2, -0.15) is 0 Å². The van der Waals surface area contributed by atoms with Gasteiger partial charge in [0.05, 0.1) is 23.9 Å². The largest absolute Gasteiger partial charge is 0.477 e. The van der Waals surface area contributed by atoms with Crippen LogP contribution in [0.2, 0.25) is 10.0 Å². The van der Waals surface area contributed by atoms with E-state index in [4.69, 9.17) is 27.9 Å². The summed E-state index contributed by atoms with van der Waals surface area (Å²) in [6.07, 6.45) is 7.22. The maximum absolute atomic E-state index is 13.4. The van der Waals surface area contributed by atoms with Gasteiger partial charge in [-0.1, -0.05) is 55.5 Å². The van der Waals surface area contributed by atoms with Gasteiger partial charge in [0.25, 0.3) is 0 Å². The second-order valence-electron chi connectivity index (χ2n) is 7.42. The molecule has 1 N–H and O–H groups in total. The van der Waals surface area contributed by atoms with Crippen LogP contribution in [-0.4, -0.2) is 17.5 Å². The number of amides is 1. The molecule has 4 nitrogen and oxygen atoms in total. The molecule has 1 aliphatic carbocycles. The van der Waals surface area contributed by atoms with Gasteiger partial charge >= 0.3 is 0 Å². The summed E-state index contributed by atoms with van der Waals surface area (Å²) in [7, 11) is 0. The van der Waals surface area contributed by atoms with Crippen molar-refractivity contribution in [2.24, 2.45) is 0 Å². The molecule has 0 radical (unpaired) electrons. The Morgan fingerprint density at radius 1 is 1.21 bits per heavy atom. The number of pyridine rings is 1. The van der Waals surface area contributed by atoms with Crippen molar-refractivity contribution < 1.29 is 9.53 Å². The second-order valence-corrected chi connectivity index (χ2v) is 8.26. The Bertz CT molecular complexity index is 848.